The number of esters is 2. The third-order valence-electron chi connectivity index (χ3n) is 20.7. The zero-order chi connectivity index (χ0) is 67.5. The molecule has 2 saturated heterocycles. The van der Waals surface area contributed by atoms with E-state index in [0.717, 1.165) is 77.0 Å². The van der Waals surface area contributed by atoms with Gasteiger partial charge in [0.05, 0.1) is 11.8 Å². The summed E-state index contributed by atoms with van der Waals surface area (Å²) in [6.07, 6.45) is 56.7. The third kappa shape index (κ3) is 45.8. The molecule has 2 aliphatic rings. The Kier molecular flexibility index (Phi) is 59.2. The van der Waals surface area contributed by atoms with Crippen molar-refractivity contribution >= 4 is 11.9 Å². The van der Waals surface area contributed by atoms with Gasteiger partial charge >= 0.3 is 11.9 Å². The molecule has 10 atom stereocenters. The van der Waals surface area contributed by atoms with Crippen LogP contribution >= 0.6 is 0 Å². The minimum atomic E-state index is -1.82. The molecule has 2 heterocycles. The van der Waals surface area contributed by atoms with Crippen LogP contribution in [0, 0.1) is 11.8 Å². The van der Waals surface area contributed by atoms with E-state index in [4.69, 9.17) is 23.7 Å². The minimum Gasteiger partial charge on any atom is -0.463 e. The van der Waals surface area contributed by atoms with Crippen molar-refractivity contribution in [2.24, 2.45) is 11.8 Å². The molecule has 13 nitrogen and oxygen atoms in total. The van der Waals surface area contributed by atoms with Gasteiger partial charge in [-0.25, -0.2) is 0 Å². The van der Waals surface area contributed by atoms with Crippen molar-refractivity contribution in [3.8, 4) is 0 Å². The Bertz CT molecular complexity index is 1440. The Balaban J connectivity index is 1.97. The van der Waals surface area contributed by atoms with Gasteiger partial charge in [0.2, 0.25) is 0 Å². The molecule has 552 valence electrons. The summed E-state index contributed by atoms with van der Waals surface area (Å²) in [4.78, 5) is 27.9. The lowest BCUT2D eigenvalue weighted by molar-refractivity contribution is -0.376. The molecule has 0 aromatic carbocycles. The maximum absolute atomic E-state index is 13.9. The molecule has 0 aliphatic carbocycles. The zero-order valence-corrected chi connectivity index (χ0v) is 61.3. The summed E-state index contributed by atoms with van der Waals surface area (Å²) in [6, 6.07) is 0. The van der Waals surface area contributed by atoms with Gasteiger partial charge in [0.25, 0.3) is 0 Å². The normalized spacial score (nSPS) is 21.8. The van der Waals surface area contributed by atoms with Crippen molar-refractivity contribution in [3.05, 3.63) is 0 Å². The van der Waals surface area contributed by atoms with Crippen LogP contribution in [0.1, 0.15) is 413 Å². The lowest BCUT2D eigenvalue weighted by Crippen LogP contribution is -2.64. The van der Waals surface area contributed by atoms with Gasteiger partial charge in [-0.3, -0.25) is 9.59 Å². The predicted octanol–water partition coefficient (Wildman–Crippen LogP) is 20.4. The average molecular weight is 1320 g/mol. The number of ether oxygens (including phenoxy) is 5. The summed E-state index contributed by atoms with van der Waals surface area (Å²) in [5.41, 5.74) is 0. The summed E-state index contributed by atoms with van der Waals surface area (Å²) < 4.78 is 29.7. The number of aliphatic hydroxyl groups is 6. The number of carbonyl (C=O) groups excluding carboxylic acids is 2. The molecule has 0 aromatic rings. The van der Waals surface area contributed by atoms with Gasteiger partial charge in [0.1, 0.15) is 62.0 Å². The minimum absolute atomic E-state index is 0.323. The van der Waals surface area contributed by atoms with E-state index in [1.54, 1.807) is 0 Å². The van der Waals surface area contributed by atoms with Gasteiger partial charge in [-0.1, -0.05) is 387 Å². The van der Waals surface area contributed by atoms with Crippen LogP contribution in [0.2, 0.25) is 0 Å². The molecule has 0 amide bonds. The van der Waals surface area contributed by atoms with Gasteiger partial charge in [0.15, 0.2) is 12.6 Å². The van der Waals surface area contributed by atoms with E-state index in [-0.39, 0.29) is 23.8 Å². The molecule has 13 heteroatoms. The summed E-state index contributed by atoms with van der Waals surface area (Å²) in [7, 11) is 0. The molecule has 93 heavy (non-hydrogen) atoms. The smallest absolute Gasteiger partial charge is 0.309 e. The Morgan fingerprint density at radius 1 is 0.258 bits per heavy atom. The molecule has 0 saturated carbocycles. The van der Waals surface area contributed by atoms with Crippen molar-refractivity contribution in [2.75, 3.05) is 13.2 Å². The largest absolute Gasteiger partial charge is 0.463 e. The second kappa shape index (κ2) is 62.8. The standard InChI is InChI=1S/C80H154O13/c1-5-9-13-17-21-25-29-33-37-41-45-49-53-57-61-67(62-58-54-50-46-42-38-34-30-26-22-18-14-10-6-2)77(87)89-65-69-71(81)73(83)75(85)79(91-69)93-80-76(86)74(84)72(82)70(92-80)66-90-78(88)68(63-59-55-51-47-43-39-35-31-27-23-19-15-11-7-3)64-60-56-52-48-44-40-36-32-28-24-20-16-12-8-4/h67-76,79-86H,5-66H2,1-4H3/t69?,70?,71-,72-,73-,74-,75?,76?,79-,80-/m0/s1. The fraction of sp³-hybridized carbons (Fsp3) is 0.975. The number of carbonyl (C=O) groups is 2. The topological polar surface area (TPSA) is 202 Å². The van der Waals surface area contributed by atoms with Crippen LogP contribution in [0.5, 0.6) is 0 Å². The summed E-state index contributed by atoms with van der Waals surface area (Å²) in [5, 5.41) is 66.8. The first-order valence-corrected chi connectivity index (χ1v) is 40.9. The fourth-order valence-corrected chi connectivity index (χ4v) is 14.1. The van der Waals surface area contributed by atoms with E-state index >= 15 is 0 Å². The zero-order valence-electron chi connectivity index (χ0n) is 61.3. The molecule has 4 unspecified atom stereocenters. The molecule has 0 spiro atoms. The van der Waals surface area contributed by atoms with Crippen molar-refractivity contribution in [2.45, 2.75) is 474 Å². The van der Waals surface area contributed by atoms with Crippen LogP contribution < -0.4 is 0 Å². The molecule has 2 rings (SSSR count). The maximum atomic E-state index is 13.9. The SMILES string of the molecule is CCCCCCCCCCCCCCCCC(CCCCCCCCCCCCCCCC)C(=O)OCC1O[C@@H](O[C@@H]2OC(COC(=O)C(CCCCCCCCCCCCCCCC)CCCCCCCCCCCCCCCC)[C@H](O)[C@H](O)C2O)C(O)[C@@H](O)[C@H]1O. The van der Waals surface area contributed by atoms with Gasteiger partial charge in [-0.2, -0.15) is 0 Å². The first-order valence-electron chi connectivity index (χ1n) is 40.9. The second-order valence-corrected chi connectivity index (χ2v) is 29.4. The molecule has 0 radical (unpaired) electrons. The van der Waals surface area contributed by atoms with Crippen molar-refractivity contribution in [1.82, 2.24) is 0 Å². The molecular formula is C80H154O13. The second-order valence-electron chi connectivity index (χ2n) is 29.4. The fourth-order valence-electron chi connectivity index (χ4n) is 14.1. The van der Waals surface area contributed by atoms with Crippen molar-refractivity contribution in [3.63, 3.8) is 0 Å². The Labute approximate surface area is 572 Å². The van der Waals surface area contributed by atoms with Crippen LogP contribution in [-0.4, -0.2) is 117 Å². The third-order valence-corrected chi connectivity index (χ3v) is 20.7. The van der Waals surface area contributed by atoms with Crippen LogP contribution in [0.15, 0.2) is 0 Å². The van der Waals surface area contributed by atoms with E-state index in [1.807, 2.05) is 0 Å². The van der Waals surface area contributed by atoms with Gasteiger partial charge in [0, 0.05) is 0 Å². The number of hydrogen-bond acceptors (Lipinski definition) is 13. The maximum Gasteiger partial charge on any atom is 0.309 e. The highest BCUT2D eigenvalue weighted by molar-refractivity contribution is 5.72. The number of unbranched alkanes of at least 4 members (excludes halogenated alkanes) is 52. The molecular weight excluding hydrogens is 1170 g/mol. The molecule has 6 N–H and O–H groups in total. The van der Waals surface area contributed by atoms with Crippen LogP contribution in [0.25, 0.3) is 0 Å². The summed E-state index contributed by atoms with van der Waals surface area (Å²) in [5.74, 6) is -1.40. The monoisotopic (exact) mass is 1320 g/mol. The van der Waals surface area contributed by atoms with Gasteiger partial charge < -0.3 is 54.3 Å². The predicted molar refractivity (Wildman–Crippen MR) is 383 cm³/mol. The lowest BCUT2D eigenvalue weighted by atomic mass is 9.94. The van der Waals surface area contributed by atoms with Crippen LogP contribution in [0.4, 0.5) is 0 Å². The van der Waals surface area contributed by atoms with Crippen molar-refractivity contribution < 1.29 is 63.9 Å². The average Bonchev–Trinajstić information content (AvgIpc) is 0.828. The first-order chi connectivity index (χ1) is 45.5. The molecule has 2 fully saturated rings. The molecule has 0 aromatic heterocycles. The number of rotatable bonds is 68. The van der Waals surface area contributed by atoms with E-state index in [1.165, 1.54) is 283 Å². The van der Waals surface area contributed by atoms with Gasteiger partial charge in [-0.05, 0) is 25.7 Å². The Hall–Kier alpha value is -1.42. The van der Waals surface area contributed by atoms with Crippen LogP contribution in [0.3, 0.4) is 0 Å². The van der Waals surface area contributed by atoms with Crippen molar-refractivity contribution in [1.29, 1.82) is 0 Å². The van der Waals surface area contributed by atoms with E-state index in [0.29, 0.717) is 25.7 Å². The molecule has 2 aliphatic heterocycles. The Morgan fingerprint density at radius 2 is 0.430 bits per heavy atom. The highest BCUT2D eigenvalue weighted by atomic mass is 16.8. The summed E-state index contributed by atoms with van der Waals surface area (Å²) in [6.45, 7) is 8.23. The number of aliphatic hydroxyl groups excluding tert-OH is 6. The van der Waals surface area contributed by atoms with E-state index in [2.05, 4.69) is 27.7 Å². The van der Waals surface area contributed by atoms with Gasteiger partial charge in [-0.15, -0.1) is 0 Å². The summed E-state index contributed by atoms with van der Waals surface area (Å²) >= 11 is 0. The van der Waals surface area contributed by atoms with E-state index < -0.39 is 74.6 Å². The molecule has 0 bridgehead atoms. The highest BCUT2D eigenvalue weighted by Crippen LogP contribution is 2.31. The number of hydrogen-bond donors (Lipinski definition) is 6. The lowest BCUT2D eigenvalue weighted by Gasteiger charge is -2.44. The first kappa shape index (κ1) is 87.7. The van der Waals surface area contributed by atoms with Crippen LogP contribution in [-0.2, 0) is 33.3 Å². The Morgan fingerprint density at radius 3 is 0.613 bits per heavy atom. The highest BCUT2D eigenvalue weighted by Gasteiger charge is 2.50. The van der Waals surface area contributed by atoms with E-state index in [9.17, 15) is 40.2 Å². The quantitative estimate of drug-likeness (QED) is 0.0248.